The van der Waals surface area contributed by atoms with E-state index < -0.39 is 0 Å². The molecule has 1 aromatic carbocycles. The van der Waals surface area contributed by atoms with Gasteiger partial charge in [-0.2, -0.15) is 0 Å². The molecule has 2 rings (SSSR count). The third-order valence-corrected chi connectivity index (χ3v) is 2.66. The minimum absolute atomic E-state index is 0.389. The van der Waals surface area contributed by atoms with Gasteiger partial charge < -0.3 is 15.2 Å². The van der Waals surface area contributed by atoms with Crippen LogP contribution in [0, 0.1) is 0 Å². The van der Waals surface area contributed by atoms with Crippen molar-refractivity contribution in [3.05, 3.63) is 30.0 Å². The Labute approximate surface area is 106 Å². The minimum atomic E-state index is 0.389. The van der Waals surface area contributed by atoms with Gasteiger partial charge >= 0.3 is 0 Å². The van der Waals surface area contributed by atoms with Gasteiger partial charge in [-0.1, -0.05) is 13.0 Å². The lowest BCUT2D eigenvalue weighted by Gasteiger charge is -2.10. The van der Waals surface area contributed by atoms with Crippen molar-refractivity contribution in [1.82, 2.24) is 9.78 Å². The number of hydrogen-bond acceptors (Lipinski definition) is 4. The zero-order valence-corrected chi connectivity index (χ0v) is 10.8. The maximum Gasteiger partial charge on any atom is 0.261 e. The van der Waals surface area contributed by atoms with E-state index in [4.69, 9.17) is 15.2 Å². The Hall–Kier alpha value is -2.17. The molecule has 2 aromatic rings. The molecule has 0 saturated heterocycles. The van der Waals surface area contributed by atoms with Crippen LogP contribution in [0.2, 0.25) is 0 Å². The van der Waals surface area contributed by atoms with Gasteiger partial charge in [-0.25, -0.2) is 0 Å². The van der Waals surface area contributed by atoms with Crippen molar-refractivity contribution >= 4 is 5.69 Å². The van der Waals surface area contributed by atoms with E-state index in [-0.39, 0.29) is 0 Å². The van der Waals surface area contributed by atoms with Crippen LogP contribution in [0.4, 0.5) is 5.69 Å². The fourth-order valence-electron chi connectivity index (χ4n) is 1.69. The van der Waals surface area contributed by atoms with E-state index in [2.05, 4.69) is 12.0 Å². The van der Waals surface area contributed by atoms with Gasteiger partial charge in [0.2, 0.25) is 0 Å². The second-order valence-electron chi connectivity index (χ2n) is 4.00. The third kappa shape index (κ3) is 2.40. The summed E-state index contributed by atoms with van der Waals surface area (Å²) in [5.74, 6) is 1.68. The van der Waals surface area contributed by atoms with Gasteiger partial charge in [-0.05, 0) is 24.1 Å². The number of aryl methyl sites for hydroxylation is 2. The molecule has 0 radical (unpaired) electrons. The summed E-state index contributed by atoms with van der Waals surface area (Å²) in [6.07, 6.45) is 2.64. The third-order valence-electron chi connectivity index (χ3n) is 2.66. The van der Waals surface area contributed by atoms with Gasteiger partial charge in [0.25, 0.3) is 5.88 Å². The lowest BCUT2D eigenvalue weighted by atomic mass is 10.1. The highest BCUT2D eigenvalue weighted by molar-refractivity contribution is 5.51. The quantitative estimate of drug-likeness (QED) is 0.901. The number of benzene rings is 1. The molecule has 5 nitrogen and oxygen atoms in total. The topological polar surface area (TPSA) is 62.3 Å². The van der Waals surface area contributed by atoms with Gasteiger partial charge in [-0.3, -0.25) is 4.68 Å². The number of rotatable bonds is 4. The highest BCUT2D eigenvalue weighted by atomic mass is 16.5. The van der Waals surface area contributed by atoms with E-state index in [9.17, 15) is 0 Å². The van der Waals surface area contributed by atoms with Crippen LogP contribution in [0.5, 0.6) is 17.4 Å². The smallest absolute Gasteiger partial charge is 0.261 e. The van der Waals surface area contributed by atoms with Gasteiger partial charge in [0.1, 0.15) is 5.69 Å². The highest BCUT2D eigenvalue weighted by Crippen LogP contribution is 2.33. The lowest BCUT2D eigenvalue weighted by Crippen LogP contribution is -1.95. The van der Waals surface area contributed by atoms with Crippen molar-refractivity contribution in [3.8, 4) is 17.4 Å². The standard InChI is InChI=1S/C13H17N3O2/c1-4-9-5-6-11(12(7-9)17-3)18-13-10(14)8-16(2)15-13/h5-8H,4,14H2,1-3H3. The molecule has 0 saturated carbocycles. The SMILES string of the molecule is CCc1ccc(Oc2nn(C)cc2N)c(OC)c1. The zero-order valence-electron chi connectivity index (χ0n) is 10.8. The average molecular weight is 247 g/mol. The largest absolute Gasteiger partial charge is 0.493 e. The molecule has 0 bridgehead atoms. The Morgan fingerprint density at radius 3 is 2.67 bits per heavy atom. The zero-order chi connectivity index (χ0) is 13.1. The van der Waals surface area contributed by atoms with E-state index >= 15 is 0 Å². The molecule has 0 unspecified atom stereocenters. The van der Waals surface area contributed by atoms with Crippen LogP contribution >= 0.6 is 0 Å². The molecule has 0 spiro atoms. The second-order valence-corrected chi connectivity index (χ2v) is 4.00. The first-order valence-electron chi connectivity index (χ1n) is 5.78. The number of anilines is 1. The first kappa shape index (κ1) is 12.3. The Kier molecular flexibility index (Phi) is 3.41. The molecule has 0 aliphatic carbocycles. The molecule has 0 aliphatic heterocycles. The van der Waals surface area contributed by atoms with Crippen LogP contribution < -0.4 is 15.2 Å². The molecule has 1 heterocycles. The molecule has 1 aromatic heterocycles. The maximum absolute atomic E-state index is 5.79. The first-order valence-corrected chi connectivity index (χ1v) is 5.78. The van der Waals surface area contributed by atoms with Crippen molar-refractivity contribution in [2.24, 2.45) is 7.05 Å². The normalized spacial score (nSPS) is 10.4. The fourth-order valence-corrected chi connectivity index (χ4v) is 1.69. The average Bonchev–Trinajstić information content (AvgIpc) is 2.68. The van der Waals surface area contributed by atoms with Crippen LogP contribution in [0.3, 0.4) is 0 Å². The monoisotopic (exact) mass is 247 g/mol. The van der Waals surface area contributed by atoms with Crippen LogP contribution in [0.1, 0.15) is 12.5 Å². The predicted molar refractivity (Wildman–Crippen MR) is 70.1 cm³/mol. The summed E-state index contributed by atoms with van der Waals surface area (Å²) in [6.45, 7) is 2.09. The molecule has 0 amide bonds. The molecule has 0 fully saturated rings. The van der Waals surface area contributed by atoms with Crippen molar-refractivity contribution in [2.75, 3.05) is 12.8 Å². The number of nitrogens with two attached hydrogens (primary N) is 1. The summed E-state index contributed by atoms with van der Waals surface area (Å²) in [6, 6.07) is 5.82. The number of nitrogen functional groups attached to an aromatic ring is 1. The van der Waals surface area contributed by atoms with Crippen LogP contribution in [0.25, 0.3) is 0 Å². The van der Waals surface area contributed by atoms with E-state index in [0.29, 0.717) is 23.1 Å². The van der Waals surface area contributed by atoms with Gasteiger partial charge in [0.05, 0.1) is 13.3 Å². The molecule has 5 heteroatoms. The lowest BCUT2D eigenvalue weighted by molar-refractivity contribution is 0.372. The van der Waals surface area contributed by atoms with E-state index in [1.54, 1.807) is 25.0 Å². The van der Waals surface area contributed by atoms with Gasteiger partial charge in [0, 0.05) is 7.05 Å². The number of hydrogen-bond donors (Lipinski definition) is 1. The minimum Gasteiger partial charge on any atom is -0.493 e. The highest BCUT2D eigenvalue weighted by Gasteiger charge is 2.11. The van der Waals surface area contributed by atoms with E-state index in [1.165, 1.54) is 5.56 Å². The summed E-state index contributed by atoms with van der Waals surface area (Å²) < 4.78 is 12.6. The van der Waals surface area contributed by atoms with Crippen molar-refractivity contribution < 1.29 is 9.47 Å². The van der Waals surface area contributed by atoms with Crippen LogP contribution in [-0.4, -0.2) is 16.9 Å². The Bertz CT molecular complexity index is 549. The fraction of sp³-hybridized carbons (Fsp3) is 0.308. The van der Waals surface area contributed by atoms with Crippen LogP contribution in [-0.2, 0) is 13.5 Å². The van der Waals surface area contributed by atoms with E-state index in [1.807, 2.05) is 18.2 Å². The van der Waals surface area contributed by atoms with E-state index in [0.717, 1.165) is 6.42 Å². The predicted octanol–water partition coefficient (Wildman–Crippen LogP) is 2.37. The number of nitrogens with zero attached hydrogens (tertiary/aromatic N) is 2. The van der Waals surface area contributed by atoms with Gasteiger partial charge in [-0.15, -0.1) is 5.10 Å². The number of aromatic nitrogens is 2. The van der Waals surface area contributed by atoms with Crippen molar-refractivity contribution in [2.45, 2.75) is 13.3 Å². The van der Waals surface area contributed by atoms with Gasteiger partial charge in [0.15, 0.2) is 11.5 Å². The first-order chi connectivity index (χ1) is 8.63. The molecular formula is C13H17N3O2. The summed E-state index contributed by atoms with van der Waals surface area (Å²) in [7, 11) is 3.41. The molecular weight excluding hydrogens is 230 g/mol. The summed E-state index contributed by atoms with van der Waals surface area (Å²) in [5.41, 5.74) is 7.48. The Morgan fingerprint density at radius 2 is 2.11 bits per heavy atom. The molecule has 2 N–H and O–H groups in total. The molecule has 96 valence electrons. The maximum atomic E-state index is 5.79. The van der Waals surface area contributed by atoms with Crippen molar-refractivity contribution in [1.29, 1.82) is 0 Å². The summed E-state index contributed by atoms with van der Waals surface area (Å²) in [5, 5.41) is 4.14. The molecule has 18 heavy (non-hydrogen) atoms. The summed E-state index contributed by atoms with van der Waals surface area (Å²) >= 11 is 0. The second kappa shape index (κ2) is 5.00. The molecule has 0 atom stereocenters. The number of methoxy groups -OCH3 is 1. The molecule has 0 aliphatic rings. The Balaban J connectivity index is 2.31. The Morgan fingerprint density at radius 1 is 1.33 bits per heavy atom. The number of ether oxygens (including phenoxy) is 2. The van der Waals surface area contributed by atoms with Crippen molar-refractivity contribution in [3.63, 3.8) is 0 Å². The van der Waals surface area contributed by atoms with Crippen LogP contribution in [0.15, 0.2) is 24.4 Å². The summed E-state index contributed by atoms with van der Waals surface area (Å²) in [4.78, 5) is 0.